The predicted molar refractivity (Wildman–Crippen MR) is 105 cm³/mol. The van der Waals surface area contributed by atoms with Gasteiger partial charge >= 0.3 is 0 Å². The number of carbonyl (C=O) groups excluding carboxylic acids is 1. The SMILES string of the molecule is COc1ccc(C[C@@H]2NC(=O)C=C2OCc2cccc3c2C=CCC3)cc1. The average Bonchev–Trinajstić information content (AvgIpc) is 3.06. The molecule has 1 atom stereocenters. The van der Waals surface area contributed by atoms with Crippen LogP contribution in [-0.4, -0.2) is 19.1 Å². The molecule has 1 N–H and O–H groups in total. The van der Waals surface area contributed by atoms with Crippen LogP contribution < -0.4 is 10.1 Å². The zero-order chi connectivity index (χ0) is 18.6. The minimum Gasteiger partial charge on any atom is -0.497 e. The molecule has 0 fully saturated rings. The highest BCUT2D eigenvalue weighted by Crippen LogP contribution is 2.25. The fraction of sp³-hybridized carbons (Fsp3) is 0.261. The summed E-state index contributed by atoms with van der Waals surface area (Å²) in [6.07, 6.45) is 8.80. The number of carbonyl (C=O) groups is 1. The van der Waals surface area contributed by atoms with Gasteiger partial charge in [0.1, 0.15) is 18.1 Å². The second-order valence-electron chi connectivity index (χ2n) is 6.88. The van der Waals surface area contributed by atoms with E-state index in [0.717, 1.165) is 29.7 Å². The molecule has 4 rings (SSSR count). The largest absolute Gasteiger partial charge is 0.497 e. The number of ether oxygens (including phenoxy) is 2. The molecule has 0 spiro atoms. The topological polar surface area (TPSA) is 47.6 Å². The van der Waals surface area contributed by atoms with Crippen molar-refractivity contribution in [3.8, 4) is 5.75 Å². The number of allylic oxidation sites excluding steroid dienone is 1. The van der Waals surface area contributed by atoms with E-state index >= 15 is 0 Å². The van der Waals surface area contributed by atoms with Gasteiger partial charge in [0.15, 0.2) is 0 Å². The molecule has 2 aromatic rings. The molecular weight excluding hydrogens is 338 g/mol. The van der Waals surface area contributed by atoms with E-state index in [4.69, 9.17) is 9.47 Å². The summed E-state index contributed by atoms with van der Waals surface area (Å²) in [5, 5.41) is 2.98. The highest BCUT2D eigenvalue weighted by Gasteiger charge is 2.26. The average molecular weight is 361 g/mol. The predicted octanol–water partition coefficient (Wildman–Crippen LogP) is 3.80. The lowest BCUT2D eigenvalue weighted by atomic mass is 9.93. The van der Waals surface area contributed by atoms with Gasteiger partial charge in [0.2, 0.25) is 5.91 Å². The van der Waals surface area contributed by atoms with Crippen LogP contribution in [0, 0.1) is 0 Å². The Labute approximate surface area is 159 Å². The second kappa shape index (κ2) is 7.70. The Kier molecular flexibility index (Phi) is 4.97. The van der Waals surface area contributed by atoms with Gasteiger partial charge in [0.25, 0.3) is 0 Å². The van der Waals surface area contributed by atoms with Crippen LogP contribution in [0.25, 0.3) is 6.08 Å². The molecule has 4 nitrogen and oxygen atoms in total. The van der Waals surface area contributed by atoms with Crippen molar-refractivity contribution in [3.63, 3.8) is 0 Å². The first-order chi connectivity index (χ1) is 13.2. The Morgan fingerprint density at radius 1 is 1.15 bits per heavy atom. The summed E-state index contributed by atoms with van der Waals surface area (Å²) >= 11 is 0. The highest BCUT2D eigenvalue weighted by molar-refractivity contribution is 5.91. The van der Waals surface area contributed by atoms with Crippen LogP contribution in [0.1, 0.15) is 28.7 Å². The van der Waals surface area contributed by atoms with Gasteiger partial charge in [-0.25, -0.2) is 0 Å². The maximum Gasteiger partial charge on any atom is 0.248 e. The monoisotopic (exact) mass is 361 g/mol. The van der Waals surface area contributed by atoms with Crippen molar-refractivity contribution in [1.29, 1.82) is 0 Å². The summed E-state index contributed by atoms with van der Waals surface area (Å²) in [7, 11) is 1.65. The van der Waals surface area contributed by atoms with E-state index in [1.165, 1.54) is 11.1 Å². The van der Waals surface area contributed by atoms with Crippen molar-refractivity contribution in [1.82, 2.24) is 5.32 Å². The van der Waals surface area contributed by atoms with E-state index < -0.39 is 0 Å². The van der Waals surface area contributed by atoms with Crippen LogP contribution in [-0.2, 0) is 29.0 Å². The number of benzene rings is 2. The maximum absolute atomic E-state index is 11.9. The summed E-state index contributed by atoms with van der Waals surface area (Å²) in [5.74, 6) is 1.43. The third kappa shape index (κ3) is 3.90. The molecule has 138 valence electrons. The maximum atomic E-state index is 11.9. The normalized spacial score (nSPS) is 17.9. The molecule has 0 aromatic heterocycles. The van der Waals surface area contributed by atoms with Crippen molar-refractivity contribution in [2.24, 2.45) is 0 Å². The van der Waals surface area contributed by atoms with Crippen molar-refractivity contribution < 1.29 is 14.3 Å². The number of hydrogen-bond donors (Lipinski definition) is 1. The molecule has 0 saturated heterocycles. The smallest absolute Gasteiger partial charge is 0.248 e. The lowest BCUT2D eigenvalue weighted by Crippen LogP contribution is -2.31. The molecular formula is C23H23NO3. The van der Waals surface area contributed by atoms with Crippen LogP contribution in [0.2, 0.25) is 0 Å². The highest BCUT2D eigenvalue weighted by atomic mass is 16.5. The van der Waals surface area contributed by atoms with Gasteiger partial charge in [0.05, 0.1) is 13.2 Å². The first kappa shape index (κ1) is 17.4. The molecule has 0 saturated carbocycles. The summed E-state index contributed by atoms with van der Waals surface area (Å²) in [6, 6.07) is 14.1. The summed E-state index contributed by atoms with van der Waals surface area (Å²) < 4.78 is 11.3. The van der Waals surface area contributed by atoms with E-state index in [-0.39, 0.29) is 11.9 Å². The van der Waals surface area contributed by atoms with E-state index in [9.17, 15) is 4.79 Å². The van der Waals surface area contributed by atoms with Gasteiger partial charge < -0.3 is 14.8 Å². The van der Waals surface area contributed by atoms with E-state index in [2.05, 4.69) is 35.7 Å². The molecule has 27 heavy (non-hydrogen) atoms. The van der Waals surface area contributed by atoms with Crippen LogP contribution >= 0.6 is 0 Å². The zero-order valence-electron chi connectivity index (χ0n) is 15.4. The quantitative estimate of drug-likeness (QED) is 0.851. The fourth-order valence-corrected chi connectivity index (χ4v) is 3.63. The molecule has 1 heterocycles. The lowest BCUT2D eigenvalue weighted by Gasteiger charge is -2.19. The van der Waals surface area contributed by atoms with Crippen LogP contribution in [0.15, 0.2) is 60.4 Å². The van der Waals surface area contributed by atoms with Gasteiger partial charge in [-0.1, -0.05) is 42.5 Å². The van der Waals surface area contributed by atoms with Gasteiger partial charge in [-0.15, -0.1) is 0 Å². The van der Waals surface area contributed by atoms with Crippen molar-refractivity contribution in [2.45, 2.75) is 31.9 Å². The molecule has 0 radical (unpaired) electrons. The minimum atomic E-state index is -0.138. The number of hydrogen-bond acceptors (Lipinski definition) is 3. The Hall–Kier alpha value is -3.01. The number of aryl methyl sites for hydroxylation is 1. The van der Waals surface area contributed by atoms with E-state index in [1.807, 2.05) is 24.3 Å². The zero-order valence-corrected chi connectivity index (χ0v) is 15.4. The molecule has 2 aliphatic rings. The standard InChI is InChI=1S/C23H23NO3/c1-26-19-11-9-16(10-12-19)13-21-22(14-23(25)24-21)27-15-18-7-4-6-17-5-2-3-8-20(17)18/h3-4,6-12,14,21H,2,5,13,15H2,1H3,(H,24,25)/t21-/m0/s1. The molecule has 4 heteroatoms. The van der Waals surface area contributed by atoms with Crippen LogP contribution in [0.4, 0.5) is 0 Å². The van der Waals surface area contributed by atoms with Crippen LogP contribution in [0.5, 0.6) is 5.75 Å². The van der Waals surface area contributed by atoms with Crippen molar-refractivity contribution in [3.05, 3.63) is 82.6 Å². The number of methoxy groups -OCH3 is 1. The number of nitrogens with one attached hydrogen (secondary N) is 1. The minimum absolute atomic E-state index is 0.0986. The molecule has 1 aliphatic heterocycles. The number of fused-ring (bicyclic) bond motifs is 1. The summed E-state index contributed by atoms with van der Waals surface area (Å²) in [6.45, 7) is 0.466. The third-order valence-electron chi connectivity index (χ3n) is 5.08. The van der Waals surface area contributed by atoms with E-state index in [1.54, 1.807) is 13.2 Å². The Morgan fingerprint density at radius 2 is 2.00 bits per heavy atom. The molecule has 2 aromatic carbocycles. The second-order valence-corrected chi connectivity index (χ2v) is 6.88. The molecule has 0 unspecified atom stereocenters. The first-order valence-electron chi connectivity index (χ1n) is 9.28. The van der Waals surface area contributed by atoms with Crippen LogP contribution in [0.3, 0.4) is 0 Å². The van der Waals surface area contributed by atoms with Gasteiger partial charge in [-0.3, -0.25) is 4.79 Å². The van der Waals surface area contributed by atoms with Crippen molar-refractivity contribution >= 4 is 12.0 Å². The van der Waals surface area contributed by atoms with Gasteiger partial charge in [-0.2, -0.15) is 0 Å². The van der Waals surface area contributed by atoms with Gasteiger partial charge in [0, 0.05) is 6.08 Å². The molecule has 1 amide bonds. The molecule has 1 aliphatic carbocycles. The summed E-state index contributed by atoms with van der Waals surface area (Å²) in [5.41, 5.74) is 4.90. The Balaban J connectivity index is 1.45. The fourth-order valence-electron chi connectivity index (χ4n) is 3.63. The third-order valence-corrected chi connectivity index (χ3v) is 5.08. The Bertz CT molecular complexity index is 896. The summed E-state index contributed by atoms with van der Waals surface area (Å²) in [4.78, 5) is 11.9. The van der Waals surface area contributed by atoms with Gasteiger partial charge in [-0.05, 0) is 53.6 Å². The Morgan fingerprint density at radius 3 is 2.81 bits per heavy atom. The number of rotatable bonds is 6. The molecule has 0 bridgehead atoms. The lowest BCUT2D eigenvalue weighted by molar-refractivity contribution is -0.116. The number of amides is 1. The van der Waals surface area contributed by atoms with Crippen molar-refractivity contribution in [2.75, 3.05) is 7.11 Å². The van der Waals surface area contributed by atoms with E-state index in [0.29, 0.717) is 18.8 Å². The first-order valence-corrected chi connectivity index (χ1v) is 9.28.